The molecule has 0 amide bonds. The number of thiazole rings is 1. The summed E-state index contributed by atoms with van der Waals surface area (Å²) in [5, 5.41) is 12.4. The highest BCUT2D eigenvalue weighted by atomic mass is 32.2. The molecular formula is C11H10FN3O4S2. The maximum absolute atomic E-state index is 13.4. The van der Waals surface area contributed by atoms with Crippen molar-refractivity contribution < 1.29 is 17.7 Å². The topological polar surface area (TPSA) is 102 Å². The van der Waals surface area contributed by atoms with E-state index in [4.69, 9.17) is 0 Å². The Morgan fingerprint density at radius 2 is 2.19 bits per heavy atom. The quantitative estimate of drug-likeness (QED) is 0.666. The van der Waals surface area contributed by atoms with Crippen LogP contribution in [0.3, 0.4) is 0 Å². The number of halogens is 1. The third-order valence-corrected chi connectivity index (χ3v) is 4.84. The Balaban J connectivity index is 2.35. The smallest absolute Gasteiger partial charge is 0.258 e. The highest BCUT2D eigenvalue weighted by Crippen LogP contribution is 2.25. The lowest BCUT2D eigenvalue weighted by Crippen LogP contribution is -2.24. The SMILES string of the molecule is Cc1cc(F)c([N+](=O)[O-])cc1S(=O)(=O)NCc1cscn1. The maximum Gasteiger partial charge on any atom is 0.306 e. The Bertz CT molecular complexity index is 775. The molecule has 1 aromatic carbocycles. The molecule has 0 aliphatic heterocycles. The molecule has 0 aliphatic carbocycles. The largest absolute Gasteiger partial charge is 0.306 e. The van der Waals surface area contributed by atoms with Crippen LogP contribution in [0.4, 0.5) is 10.1 Å². The first-order chi connectivity index (χ1) is 9.81. The van der Waals surface area contributed by atoms with E-state index in [1.807, 2.05) is 0 Å². The first-order valence-electron chi connectivity index (χ1n) is 5.62. The van der Waals surface area contributed by atoms with Crippen molar-refractivity contribution >= 4 is 27.0 Å². The van der Waals surface area contributed by atoms with Crippen molar-refractivity contribution in [1.29, 1.82) is 0 Å². The van der Waals surface area contributed by atoms with Crippen LogP contribution in [0, 0.1) is 22.9 Å². The minimum Gasteiger partial charge on any atom is -0.258 e. The third-order valence-electron chi connectivity index (χ3n) is 2.66. The summed E-state index contributed by atoms with van der Waals surface area (Å²) in [6.07, 6.45) is 0. The van der Waals surface area contributed by atoms with Crippen molar-refractivity contribution in [2.45, 2.75) is 18.4 Å². The second-order valence-corrected chi connectivity index (χ2v) is 6.58. The molecule has 2 rings (SSSR count). The summed E-state index contributed by atoms with van der Waals surface area (Å²) in [4.78, 5) is 13.3. The van der Waals surface area contributed by atoms with Gasteiger partial charge in [-0.05, 0) is 18.6 Å². The monoisotopic (exact) mass is 331 g/mol. The second kappa shape index (κ2) is 5.84. The molecular weight excluding hydrogens is 321 g/mol. The molecule has 1 aromatic heterocycles. The van der Waals surface area contributed by atoms with E-state index < -0.39 is 26.5 Å². The predicted molar refractivity (Wildman–Crippen MR) is 73.9 cm³/mol. The fraction of sp³-hybridized carbons (Fsp3) is 0.182. The van der Waals surface area contributed by atoms with Gasteiger partial charge in [-0.1, -0.05) is 0 Å². The molecule has 0 aliphatic rings. The van der Waals surface area contributed by atoms with Crippen molar-refractivity contribution in [3.63, 3.8) is 0 Å². The van der Waals surface area contributed by atoms with Gasteiger partial charge in [0.25, 0.3) is 0 Å². The van der Waals surface area contributed by atoms with Gasteiger partial charge in [0.1, 0.15) is 0 Å². The molecule has 21 heavy (non-hydrogen) atoms. The van der Waals surface area contributed by atoms with Crippen LogP contribution < -0.4 is 4.72 Å². The van der Waals surface area contributed by atoms with Crippen molar-refractivity contribution in [3.8, 4) is 0 Å². The highest BCUT2D eigenvalue weighted by Gasteiger charge is 2.24. The number of rotatable bonds is 5. The molecule has 1 heterocycles. The van der Waals surface area contributed by atoms with Crippen molar-refractivity contribution in [3.05, 3.63) is 50.2 Å². The fourth-order valence-electron chi connectivity index (χ4n) is 1.64. The molecule has 112 valence electrons. The zero-order chi connectivity index (χ0) is 15.6. The van der Waals surface area contributed by atoms with E-state index in [0.29, 0.717) is 11.8 Å². The van der Waals surface area contributed by atoms with Gasteiger partial charge in [-0.3, -0.25) is 10.1 Å². The molecule has 0 bridgehead atoms. The summed E-state index contributed by atoms with van der Waals surface area (Å²) in [6, 6.07) is 1.55. The highest BCUT2D eigenvalue weighted by molar-refractivity contribution is 7.89. The minimum atomic E-state index is -4.00. The summed E-state index contributed by atoms with van der Waals surface area (Å²) >= 11 is 1.31. The standard InChI is InChI=1S/C11H10FN3O4S2/c1-7-2-9(12)10(15(16)17)3-11(7)21(18,19)14-4-8-5-20-6-13-8/h2-3,5-6,14H,4H2,1H3. The lowest BCUT2D eigenvalue weighted by atomic mass is 10.2. The molecule has 0 fully saturated rings. The summed E-state index contributed by atoms with van der Waals surface area (Å²) < 4.78 is 40.0. The van der Waals surface area contributed by atoms with E-state index in [1.165, 1.54) is 18.3 Å². The summed E-state index contributed by atoms with van der Waals surface area (Å²) in [5.74, 6) is -1.07. The van der Waals surface area contributed by atoms with Gasteiger partial charge < -0.3 is 0 Å². The summed E-state index contributed by atoms with van der Waals surface area (Å²) in [6.45, 7) is 1.32. The van der Waals surface area contributed by atoms with Gasteiger partial charge in [-0.25, -0.2) is 18.1 Å². The molecule has 0 atom stereocenters. The number of hydrogen-bond acceptors (Lipinski definition) is 6. The van der Waals surface area contributed by atoms with Gasteiger partial charge >= 0.3 is 5.69 Å². The van der Waals surface area contributed by atoms with Gasteiger partial charge in [-0.15, -0.1) is 11.3 Å². The number of aromatic nitrogens is 1. The number of benzene rings is 1. The zero-order valence-electron chi connectivity index (χ0n) is 10.7. The van der Waals surface area contributed by atoms with E-state index in [2.05, 4.69) is 9.71 Å². The van der Waals surface area contributed by atoms with Crippen molar-refractivity contribution in [1.82, 2.24) is 9.71 Å². The van der Waals surface area contributed by atoms with Crippen LogP contribution in [0.1, 0.15) is 11.3 Å². The van der Waals surface area contributed by atoms with E-state index in [9.17, 15) is 22.9 Å². The number of nitro benzene ring substituents is 1. The number of nitrogens with zero attached hydrogens (tertiary/aromatic N) is 2. The van der Waals surface area contributed by atoms with Crippen LogP contribution in [0.5, 0.6) is 0 Å². The number of nitro groups is 1. The van der Waals surface area contributed by atoms with Crippen molar-refractivity contribution in [2.24, 2.45) is 0 Å². The van der Waals surface area contributed by atoms with Crippen LogP contribution in [0.25, 0.3) is 0 Å². The van der Waals surface area contributed by atoms with Crippen LogP contribution >= 0.6 is 11.3 Å². The minimum absolute atomic E-state index is 0.0452. The van der Waals surface area contributed by atoms with Gasteiger partial charge in [0.15, 0.2) is 0 Å². The molecule has 10 heteroatoms. The fourth-order valence-corrected chi connectivity index (χ4v) is 3.44. The van der Waals surface area contributed by atoms with Crippen LogP contribution in [0.2, 0.25) is 0 Å². The number of sulfonamides is 1. The van der Waals surface area contributed by atoms with Gasteiger partial charge in [0.2, 0.25) is 15.8 Å². The molecule has 7 nitrogen and oxygen atoms in total. The van der Waals surface area contributed by atoms with Crippen LogP contribution in [0.15, 0.2) is 27.9 Å². The first kappa shape index (κ1) is 15.5. The Hall–Kier alpha value is -1.91. The molecule has 0 saturated carbocycles. The van der Waals surface area contributed by atoms with E-state index >= 15 is 0 Å². The normalized spacial score (nSPS) is 11.5. The average molecular weight is 331 g/mol. The van der Waals surface area contributed by atoms with E-state index in [1.54, 1.807) is 10.9 Å². The number of nitrogens with one attached hydrogen (secondary N) is 1. The average Bonchev–Trinajstić information content (AvgIpc) is 2.88. The molecule has 0 unspecified atom stereocenters. The lowest BCUT2D eigenvalue weighted by molar-refractivity contribution is -0.387. The third kappa shape index (κ3) is 3.40. The molecule has 0 radical (unpaired) electrons. The molecule has 0 spiro atoms. The number of aryl methyl sites for hydroxylation is 1. The van der Waals surface area contributed by atoms with E-state index in [-0.39, 0.29) is 17.0 Å². The van der Waals surface area contributed by atoms with Crippen LogP contribution in [-0.2, 0) is 16.6 Å². The Labute approximate surface area is 123 Å². The predicted octanol–water partition coefficient (Wildman–Crippen LogP) is 1.98. The second-order valence-electron chi connectivity index (χ2n) is 4.13. The first-order valence-corrected chi connectivity index (χ1v) is 8.05. The lowest BCUT2D eigenvalue weighted by Gasteiger charge is -2.08. The van der Waals surface area contributed by atoms with Crippen LogP contribution in [-0.4, -0.2) is 18.3 Å². The Morgan fingerprint density at radius 3 is 2.76 bits per heavy atom. The molecule has 2 aromatic rings. The summed E-state index contributed by atoms with van der Waals surface area (Å²) in [5.41, 5.74) is 1.29. The summed E-state index contributed by atoms with van der Waals surface area (Å²) in [7, 11) is -4.00. The molecule has 0 saturated heterocycles. The maximum atomic E-state index is 13.4. The van der Waals surface area contributed by atoms with Gasteiger partial charge in [-0.2, -0.15) is 4.39 Å². The van der Waals surface area contributed by atoms with E-state index in [0.717, 1.165) is 6.07 Å². The Morgan fingerprint density at radius 1 is 1.48 bits per heavy atom. The van der Waals surface area contributed by atoms with Gasteiger partial charge in [0, 0.05) is 11.4 Å². The number of hydrogen-bond donors (Lipinski definition) is 1. The zero-order valence-corrected chi connectivity index (χ0v) is 12.4. The molecule has 1 N–H and O–H groups in total. The Kier molecular flexibility index (Phi) is 4.30. The van der Waals surface area contributed by atoms with Crippen molar-refractivity contribution in [2.75, 3.05) is 0 Å². The van der Waals surface area contributed by atoms with Gasteiger partial charge in [0.05, 0.1) is 27.6 Å².